The molecule has 0 N–H and O–H groups in total. The van der Waals surface area contributed by atoms with Crippen molar-refractivity contribution in [2.24, 2.45) is 0 Å². The first-order valence-electron chi connectivity index (χ1n) is 5.52. The molecule has 1 aliphatic rings. The molecule has 0 radical (unpaired) electrons. The Morgan fingerprint density at radius 2 is 1.80 bits per heavy atom. The van der Waals surface area contributed by atoms with Crippen molar-refractivity contribution in [3.63, 3.8) is 0 Å². The van der Waals surface area contributed by atoms with Crippen molar-refractivity contribution < 1.29 is 13.2 Å². The van der Waals surface area contributed by atoms with E-state index in [1.165, 1.54) is 6.42 Å². The molecular weight excluding hydrogens is 236 g/mol. The van der Waals surface area contributed by atoms with Gasteiger partial charge < -0.3 is 4.74 Å². The molecule has 0 aromatic heterocycles. The Hall–Kier alpha value is 0.200. The molecule has 1 saturated carbocycles. The van der Waals surface area contributed by atoms with E-state index < -0.39 is 9.84 Å². The van der Waals surface area contributed by atoms with Crippen LogP contribution in [0.1, 0.15) is 32.1 Å². The fourth-order valence-electron chi connectivity index (χ4n) is 1.92. The molecule has 0 spiro atoms. The molecule has 0 bridgehead atoms. The average molecular weight is 255 g/mol. The lowest BCUT2D eigenvalue weighted by atomic mass is 10.0. The fourth-order valence-corrected chi connectivity index (χ4v) is 3.77. The van der Waals surface area contributed by atoms with Gasteiger partial charge in [-0.25, -0.2) is 8.42 Å². The van der Waals surface area contributed by atoms with Gasteiger partial charge in [-0.3, -0.25) is 0 Å². The standard InChI is InChI=1S/C10H19ClO3S/c11-6-7-14-8-9-15(12,13)10-4-2-1-3-5-10/h10H,1-9H2. The third-order valence-electron chi connectivity index (χ3n) is 2.79. The lowest BCUT2D eigenvalue weighted by Crippen LogP contribution is -2.28. The van der Waals surface area contributed by atoms with Crippen molar-refractivity contribution in [3.05, 3.63) is 0 Å². The minimum atomic E-state index is -2.93. The quantitative estimate of drug-likeness (QED) is 0.538. The summed E-state index contributed by atoms with van der Waals surface area (Å²) in [5, 5.41) is -0.120. The van der Waals surface area contributed by atoms with E-state index in [2.05, 4.69) is 0 Å². The van der Waals surface area contributed by atoms with Gasteiger partial charge >= 0.3 is 0 Å². The van der Waals surface area contributed by atoms with Crippen LogP contribution < -0.4 is 0 Å². The molecule has 0 aromatic rings. The van der Waals surface area contributed by atoms with E-state index in [-0.39, 0.29) is 17.6 Å². The predicted molar refractivity (Wildman–Crippen MR) is 62.2 cm³/mol. The van der Waals surface area contributed by atoms with Crippen LogP contribution in [0.4, 0.5) is 0 Å². The molecule has 0 heterocycles. The highest BCUT2D eigenvalue weighted by Crippen LogP contribution is 2.24. The highest BCUT2D eigenvalue weighted by molar-refractivity contribution is 7.92. The highest BCUT2D eigenvalue weighted by atomic mass is 35.5. The first kappa shape index (κ1) is 13.3. The van der Waals surface area contributed by atoms with Crippen LogP contribution in [0.2, 0.25) is 0 Å². The van der Waals surface area contributed by atoms with Crippen LogP contribution in [0.25, 0.3) is 0 Å². The summed E-state index contributed by atoms with van der Waals surface area (Å²) < 4.78 is 28.8. The summed E-state index contributed by atoms with van der Waals surface area (Å²) in [6, 6.07) is 0. The van der Waals surface area contributed by atoms with E-state index in [9.17, 15) is 8.42 Å². The lowest BCUT2D eigenvalue weighted by molar-refractivity contribution is 0.165. The zero-order valence-electron chi connectivity index (χ0n) is 8.95. The molecule has 5 heteroatoms. The summed E-state index contributed by atoms with van der Waals surface area (Å²) in [6.45, 7) is 0.716. The van der Waals surface area contributed by atoms with Crippen molar-refractivity contribution in [1.29, 1.82) is 0 Å². The Bertz CT molecular complexity index is 258. The van der Waals surface area contributed by atoms with Gasteiger partial charge in [0.2, 0.25) is 0 Å². The van der Waals surface area contributed by atoms with Crippen LogP contribution in [0.15, 0.2) is 0 Å². The van der Waals surface area contributed by atoms with Gasteiger partial charge in [-0.2, -0.15) is 0 Å². The molecule has 90 valence electrons. The Kier molecular flexibility index (Phi) is 5.94. The molecule has 1 aliphatic carbocycles. The van der Waals surface area contributed by atoms with Crippen LogP contribution in [-0.4, -0.2) is 38.5 Å². The minimum absolute atomic E-state index is 0.120. The van der Waals surface area contributed by atoms with Crippen LogP contribution in [0.3, 0.4) is 0 Å². The molecule has 0 atom stereocenters. The number of ether oxygens (including phenoxy) is 1. The number of rotatable bonds is 6. The molecule has 1 rings (SSSR count). The maximum absolute atomic E-state index is 11.8. The summed E-state index contributed by atoms with van der Waals surface area (Å²) in [5.41, 5.74) is 0. The third-order valence-corrected chi connectivity index (χ3v) is 5.17. The minimum Gasteiger partial charge on any atom is -0.379 e. The molecule has 0 aliphatic heterocycles. The van der Waals surface area contributed by atoms with E-state index >= 15 is 0 Å². The molecule has 0 aromatic carbocycles. The van der Waals surface area contributed by atoms with Gasteiger partial charge in [0, 0.05) is 5.88 Å². The second-order valence-electron chi connectivity index (χ2n) is 3.93. The van der Waals surface area contributed by atoms with Gasteiger partial charge in [0.15, 0.2) is 9.84 Å². The summed E-state index contributed by atoms with van der Waals surface area (Å²) >= 11 is 5.43. The van der Waals surface area contributed by atoms with Gasteiger partial charge in [0.05, 0.1) is 24.2 Å². The van der Waals surface area contributed by atoms with Crippen molar-refractivity contribution in [2.75, 3.05) is 24.8 Å². The average Bonchev–Trinajstić information content (AvgIpc) is 2.26. The molecule has 3 nitrogen and oxygen atoms in total. The number of halogens is 1. The van der Waals surface area contributed by atoms with Crippen LogP contribution in [-0.2, 0) is 14.6 Å². The van der Waals surface area contributed by atoms with E-state index in [4.69, 9.17) is 16.3 Å². The van der Waals surface area contributed by atoms with E-state index in [1.807, 2.05) is 0 Å². The number of sulfone groups is 1. The predicted octanol–water partition coefficient (Wildman–Crippen LogP) is 1.99. The van der Waals surface area contributed by atoms with Gasteiger partial charge in [0.1, 0.15) is 0 Å². The Morgan fingerprint density at radius 1 is 1.13 bits per heavy atom. The Morgan fingerprint density at radius 3 is 2.40 bits per heavy atom. The summed E-state index contributed by atoms with van der Waals surface area (Å²) in [5.74, 6) is 0.567. The van der Waals surface area contributed by atoms with Gasteiger partial charge in [-0.1, -0.05) is 19.3 Å². The van der Waals surface area contributed by atoms with Crippen LogP contribution in [0.5, 0.6) is 0 Å². The summed E-state index contributed by atoms with van der Waals surface area (Å²) in [7, 11) is -2.93. The largest absolute Gasteiger partial charge is 0.379 e. The smallest absolute Gasteiger partial charge is 0.155 e. The van der Waals surface area contributed by atoms with E-state index in [0.717, 1.165) is 25.7 Å². The zero-order chi connectivity index (χ0) is 11.1. The number of hydrogen-bond acceptors (Lipinski definition) is 3. The molecule has 0 unspecified atom stereocenters. The first-order valence-corrected chi connectivity index (χ1v) is 7.77. The normalized spacial score (nSPS) is 19.3. The molecule has 0 amide bonds. The lowest BCUT2D eigenvalue weighted by Gasteiger charge is -2.21. The fraction of sp³-hybridized carbons (Fsp3) is 1.00. The van der Waals surface area contributed by atoms with E-state index in [1.54, 1.807) is 0 Å². The Balaban J connectivity index is 2.30. The van der Waals surface area contributed by atoms with Crippen molar-refractivity contribution in [3.8, 4) is 0 Å². The second kappa shape index (κ2) is 6.71. The second-order valence-corrected chi connectivity index (χ2v) is 6.71. The van der Waals surface area contributed by atoms with E-state index in [0.29, 0.717) is 12.5 Å². The van der Waals surface area contributed by atoms with Crippen molar-refractivity contribution >= 4 is 21.4 Å². The molecule has 0 saturated heterocycles. The van der Waals surface area contributed by atoms with Crippen molar-refractivity contribution in [2.45, 2.75) is 37.4 Å². The van der Waals surface area contributed by atoms with Crippen LogP contribution in [0, 0.1) is 0 Å². The molecule has 1 fully saturated rings. The molecular formula is C10H19ClO3S. The van der Waals surface area contributed by atoms with Gasteiger partial charge in [0.25, 0.3) is 0 Å². The molecule has 15 heavy (non-hydrogen) atoms. The first-order chi connectivity index (χ1) is 7.17. The van der Waals surface area contributed by atoms with Gasteiger partial charge in [-0.05, 0) is 12.8 Å². The number of alkyl halides is 1. The van der Waals surface area contributed by atoms with Crippen molar-refractivity contribution in [1.82, 2.24) is 0 Å². The monoisotopic (exact) mass is 254 g/mol. The maximum Gasteiger partial charge on any atom is 0.155 e. The topological polar surface area (TPSA) is 43.4 Å². The highest BCUT2D eigenvalue weighted by Gasteiger charge is 2.26. The SMILES string of the molecule is O=S(=O)(CCOCCCl)C1CCCCC1. The Labute approximate surface area is 97.1 Å². The van der Waals surface area contributed by atoms with Crippen LogP contribution >= 0.6 is 11.6 Å². The maximum atomic E-state index is 11.8. The summed E-state index contributed by atoms with van der Waals surface area (Å²) in [4.78, 5) is 0. The van der Waals surface area contributed by atoms with Gasteiger partial charge in [-0.15, -0.1) is 11.6 Å². The zero-order valence-corrected chi connectivity index (χ0v) is 10.5. The summed E-state index contributed by atoms with van der Waals surface area (Å²) in [6.07, 6.45) is 4.93. The third kappa shape index (κ3) is 4.70. The number of hydrogen-bond donors (Lipinski definition) is 0.